The molecule has 134 valence electrons. The quantitative estimate of drug-likeness (QED) is 0.547. The van der Waals surface area contributed by atoms with Crippen molar-refractivity contribution >= 4 is 40.5 Å². The van der Waals surface area contributed by atoms with Crippen molar-refractivity contribution in [3.63, 3.8) is 0 Å². The molecule has 0 radical (unpaired) electrons. The van der Waals surface area contributed by atoms with Crippen LogP contribution in [0.5, 0.6) is 0 Å². The van der Waals surface area contributed by atoms with Crippen LogP contribution in [-0.2, 0) is 16.1 Å². The number of hydrogen-bond acceptors (Lipinski definition) is 5. The van der Waals surface area contributed by atoms with Crippen LogP contribution in [0, 0.1) is 0 Å². The van der Waals surface area contributed by atoms with Crippen LogP contribution in [0.1, 0.15) is 19.4 Å². The fourth-order valence-corrected chi connectivity index (χ4v) is 2.76. The molecule has 1 unspecified atom stereocenters. The first-order valence-electron chi connectivity index (χ1n) is 7.92. The Bertz CT molecular complexity index is 596. The zero-order chi connectivity index (χ0) is 18.5. The molecule has 1 atom stereocenters. The average molecular weight is 378 g/mol. The Morgan fingerprint density at radius 2 is 1.64 bits per heavy atom. The standard InChI is InChI=1S/C13H13N.C6H10O3S2/c1-3-7-12(8-4-1)11-14-13-9-5-2-6-10-13;1-3-9-5(7)4(2)11-6(8)10/h1-10,14H,11H2;4H,3H2,1-2H3,(H,8,10). The van der Waals surface area contributed by atoms with E-state index in [0.717, 1.165) is 24.0 Å². The molecule has 0 bridgehead atoms. The van der Waals surface area contributed by atoms with Crippen molar-refractivity contribution < 1.29 is 14.3 Å². The van der Waals surface area contributed by atoms with Gasteiger partial charge in [-0.25, -0.2) is 0 Å². The third-order valence-corrected chi connectivity index (χ3v) is 4.07. The first kappa shape index (κ1) is 21.1. The van der Waals surface area contributed by atoms with Crippen LogP contribution < -0.4 is 5.32 Å². The number of carbonyl (C=O) groups is 2. The van der Waals surface area contributed by atoms with Gasteiger partial charge in [0, 0.05) is 12.2 Å². The van der Waals surface area contributed by atoms with E-state index in [0.29, 0.717) is 6.61 Å². The predicted octanol–water partition coefficient (Wildman–Crippen LogP) is 5.02. The summed E-state index contributed by atoms with van der Waals surface area (Å²) in [7, 11) is 0. The molecule has 2 aromatic rings. The maximum absolute atomic E-state index is 10.8. The van der Waals surface area contributed by atoms with E-state index in [2.05, 4.69) is 59.1 Å². The molecule has 4 nitrogen and oxygen atoms in total. The largest absolute Gasteiger partial charge is 0.465 e. The second-order valence-corrected chi connectivity index (χ2v) is 7.01. The molecule has 6 heteroatoms. The third kappa shape index (κ3) is 9.84. The zero-order valence-corrected chi connectivity index (χ0v) is 16.1. The highest BCUT2D eigenvalue weighted by Gasteiger charge is 2.16. The Morgan fingerprint density at radius 3 is 2.16 bits per heavy atom. The number of thiol groups is 1. The van der Waals surface area contributed by atoms with Crippen molar-refractivity contribution in [2.45, 2.75) is 25.6 Å². The highest BCUT2D eigenvalue weighted by Crippen LogP contribution is 2.15. The van der Waals surface area contributed by atoms with E-state index >= 15 is 0 Å². The minimum Gasteiger partial charge on any atom is -0.465 e. The summed E-state index contributed by atoms with van der Waals surface area (Å²) in [6, 6.07) is 20.6. The predicted molar refractivity (Wildman–Crippen MR) is 108 cm³/mol. The summed E-state index contributed by atoms with van der Waals surface area (Å²) in [6.45, 7) is 4.55. The van der Waals surface area contributed by atoms with Gasteiger partial charge < -0.3 is 10.1 Å². The molecular formula is C19H23NO3S2. The van der Waals surface area contributed by atoms with E-state index in [-0.39, 0.29) is 10.4 Å². The Labute approximate surface area is 158 Å². The summed E-state index contributed by atoms with van der Waals surface area (Å²) in [5.74, 6) is -0.375. The number of para-hydroxylation sites is 1. The highest BCUT2D eigenvalue weighted by molar-refractivity contribution is 8.32. The summed E-state index contributed by atoms with van der Waals surface area (Å²) in [5, 5.41) is 2.90. The van der Waals surface area contributed by atoms with E-state index in [1.54, 1.807) is 13.8 Å². The number of benzene rings is 2. The number of rotatable bonds is 6. The molecule has 0 aromatic heterocycles. The van der Waals surface area contributed by atoms with Gasteiger partial charge in [-0.3, -0.25) is 9.59 Å². The maximum atomic E-state index is 10.8. The van der Waals surface area contributed by atoms with Crippen LogP contribution in [0.2, 0.25) is 0 Å². The van der Waals surface area contributed by atoms with Crippen LogP contribution >= 0.6 is 24.4 Å². The van der Waals surface area contributed by atoms with Crippen molar-refractivity contribution in [3.05, 3.63) is 66.2 Å². The Kier molecular flexibility index (Phi) is 10.5. The van der Waals surface area contributed by atoms with Gasteiger partial charge in [0.25, 0.3) is 0 Å². The van der Waals surface area contributed by atoms with Crippen molar-refractivity contribution in [1.82, 2.24) is 0 Å². The molecule has 2 rings (SSSR count). The lowest BCUT2D eigenvalue weighted by atomic mass is 10.2. The number of thioether (sulfide) groups is 1. The van der Waals surface area contributed by atoms with Gasteiger partial charge in [-0.1, -0.05) is 72.9 Å². The molecule has 0 aliphatic heterocycles. The number of hydrogen-bond donors (Lipinski definition) is 2. The molecule has 0 heterocycles. The Morgan fingerprint density at radius 1 is 1.08 bits per heavy atom. The summed E-state index contributed by atoms with van der Waals surface area (Å²) in [4.78, 5) is 21.2. The molecule has 0 aliphatic rings. The van der Waals surface area contributed by atoms with Gasteiger partial charge in [0.15, 0.2) is 0 Å². The monoisotopic (exact) mass is 377 g/mol. The van der Waals surface area contributed by atoms with Crippen LogP contribution in [0.3, 0.4) is 0 Å². The van der Waals surface area contributed by atoms with Crippen LogP contribution in [-0.4, -0.2) is 22.3 Å². The molecule has 2 aromatic carbocycles. The lowest BCUT2D eigenvalue weighted by Crippen LogP contribution is -2.17. The summed E-state index contributed by atoms with van der Waals surface area (Å²) in [5.41, 5.74) is 2.47. The summed E-state index contributed by atoms with van der Waals surface area (Å²) in [6.07, 6.45) is 0. The van der Waals surface area contributed by atoms with Crippen LogP contribution in [0.15, 0.2) is 60.7 Å². The number of nitrogens with one attached hydrogen (secondary N) is 1. The van der Waals surface area contributed by atoms with Crippen LogP contribution in [0.25, 0.3) is 0 Å². The summed E-state index contributed by atoms with van der Waals surface area (Å²) >= 11 is 4.37. The molecule has 25 heavy (non-hydrogen) atoms. The van der Waals surface area contributed by atoms with E-state index in [1.807, 2.05) is 24.3 Å². The number of anilines is 1. The first-order chi connectivity index (χ1) is 12.0. The van der Waals surface area contributed by atoms with Crippen molar-refractivity contribution in [2.75, 3.05) is 11.9 Å². The minimum absolute atomic E-state index is 0.338. The first-order valence-corrected chi connectivity index (χ1v) is 9.24. The SMILES string of the molecule is CCOC(=O)C(C)SC(=O)S.c1ccc(CNc2ccccc2)cc1. The van der Waals surface area contributed by atoms with Crippen molar-refractivity contribution in [1.29, 1.82) is 0 Å². The smallest absolute Gasteiger partial charge is 0.319 e. The molecule has 0 aliphatic carbocycles. The topological polar surface area (TPSA) is 55.4 Å². The van der Waals surface area contributed by atoms with Crippen molar-refractivity contribution in [2.24, 2.45) is 0 Å². The number of ether oxygens (including phenoxy) is 1. The highest BCUT2D eigenvalue weighted by atomic mass is 32.2. The maximum Gasteiger partial charge on any atom is 0.319 e. The lowest BCUT2D eigenvalue weighted by molar-refractivity contribution is -0.142. The second-order valence-electron chi connectivity index (χ2n) is 4.98. The van der Waals surface area contributed by atoms with Gasteiger partial charge in [-0.15, -0.1) is 0 Å². The average Bonchev–Trinajstić information content (AvgIpc) is 2.62. The van der Waals surface area contributed by atoms with Gasteiger partial charge in [0.2, 0.25) is 4.45 Å². The summed E-state index contributed by atoms with van der Waals surface area (Å²) < 4.78 is 4.29. The molecular weight excluding hydrogens is 354 g/mol. The van der Waals surface area contributed by atoms with Gasteiger partial charge in [0.1, 0.15) is 5.25 Å². The second kappa shape index (κ2) is 12.4. The van der Waals surface area contributed by atoms with Gasteiger partial charge in [-0.2, -0.15) is 0 Å². The van der Waals surface area contributed by atoms with Gasteiger partial charge in [0.05, 0.1) is 6.61 Å². The fourth-order valence-electron chi connectivity index (χ4n) is 1.81. The molecule has 0 saturated carbocycles. The van der Waals surface area contributed by atoms with Gasteiger partial charge >= 0.3 is 5.97 Å². The molecule has 0 saturated heterocycles. The van der Waals surface area contributed by atoms with E-state index in [9.17, 15) is 9.59 Å². The van der Waals surface area contributed by atoms with E-state index < -0.39 is 5.25 Å². The normalized spacial score (nSPS) is 10.8. The molecule has 0 amide bonds. The third-order valence-electron chi connectivity index (χ3n) is 3.01. The van der Waals surface area contributed by atoms with Crippen molar-refractivity contribution in [3.8, 4) is 0 Å². The Balaban J connectivity index is 0.000000260. The van der Waals surface area contributed by atoms with Gasteiger partial charge in [-0.05, 0) is 31.5 Å². The number of esters is 1. The van der Waals surface area contributed by atoms with E-state index in [1.165, 1.54) is 5.56 Å². The fraction of sp³-hybridized carbons (Fsp3) is 0.263. The molecule has 0 spiro atoms. The zero-order valence-electron chi connectivity index (χ0n) is 14.3. The molecule has 0 fully saturated rings. The lowest BCUT2D eigenvalue weighted by Gasteiger charge is -2.06. The number of carbonyl (C=O) groups excluding carboxylic acids is 2. The van der Waals surface area contributed by atoms with Crippen LogP contribution in [0.4, 0.5) is 10.5 Å². The minimum atomic E-state index is -0.458. The Hall–Kier alpha value is -1.92. The van der Waals surface area contributed by atoms with E-state index in [4.69, 9.17) is 0 Å². The molecule has 1 N–H and O–H groups in total.